The van der Waals surface area contributed by atoms with Crippen molar-refractivity contribution in [2.24, 2.45) is 5.92 Å². The molecule has 1 spiro atoms. The zero-order valence-corrected chi connectivity index (χ0v) is 21.5. The Hall–Kier alpha value is -3.17. The van der Waals surface area contributed by atoms with E-state index >= 15 is 0 Å². The molecule has 2 saturated carbocycles. The molecule has 5 atom stereocenters. The number of carbonyl (C=O) groups excluding carboxylic acids is 1. The molecule has 9 heteroatoms. The first kappa shape index (κ1) is 23.9. The summed E-state index contributed by atoms with van der Waals surface area (Å²) < 4.78 is 6.58. The Bertz CT molecular complexity index is 1330. The molecule has 5 aliphatic rings. The number of nitro benzene ring substituents is 1. The number of hydrogen-bond donors (Lipinski definition) is 2. The van der Waals surface area contributed by atoms with Gasteiger partial charge in [-0.05, 0) is 68.2 Å². The number of benzene rings is 2. The third kappa shape index (κ3) is 3.21. The number of aromatic hydroxyl groups is 1. The topological polar surface area (TPSA) is 116 Å². The highest BCUT2D eigenvalue weighted by Gasteiger charge is 2.73. The van der Waals surface area contributed by atoms with Crippen molar-refractivity contribution < 1.29 is 24.7 Å². The van der Waals surface area contributed by atoms with Crippen molar-refractivity contribution in [3.8, 4) is 11.5 Å². The smallest absolute Gasteiger partial charge is 0.269 e. The van der Waals surface area contributed by atoms with Crippen molar-refractivity contribution in [2.45, 2.75) is 74.1 Å². The van der Waals surface area contributed by atoms with Gasteiger partial charge in [0.05, 0.1) is 28.4 Å². The van der Waals surface area contributed by atoms with Crippen LogP contribution in [-0.2, 0) is 23.1 Å². The fraction of sp³-hybridized carbons (Fsp3) is 0.552. The number of nitrogens with zero attached hydrogens (tertiary/aromatic N) is 3. The molecule has 200 valence electrons. The van der Waals surface area contributed by atoms with E-state index in [-0.39, 0.29) is 35.8 Å². The Morgan fingerprint density at radius 1 is 1.18 bits per heavy atom. The summed E-state index contributed by atoms with van der Waals surface area (Å²) >= 11 is 0. The second-order valence-electron chi connectivity index (χ2n) is 12.0. The molecule has 0 aromatic heterocycles. The molecular formula is C29H33N3O6. The normalized spacial score (nSPS) is 32.8. The van der Waals surface area contributed by atoms with E-state index in [1.165, 1.54) is 25.0 Å². The van der Waals surface area contributed by atoms with Gasteiger partial charge in [-0.1, -0.05) is 18.2 Å². The Morgan fingerprint density at radius 2 is 1.95 bits per heavy atom. The van der Waals surface area contributed by atoms with Crippen LogP contribution in [0.3, 0.4) is 0 Å². The molecule has 1 unspecified atom stereocenters. The van der Waals surface area contributed by atoms with Gasteiger partial charge in [0, 0.05) is 37.3 Å². The minimum atomic E-state index is -0.990. The summed E-state index contributed by atoms with van der Waals surface area (Å²) in [5, 5.41) is 34.4. The van der Waals surface area contributed by atoms with Crippen LogP contribution in [0.4, 0.5) is 5.69 Å². The third-order valence-electron chi connectivity index (χ3n) is 10.1. The lowest BCUT2D eigenvalue weighted by Gasteiger charge is -2.64. The van der Waals surface area contributed by atoms with E-state index in [1.54, 1.807) is 30.1 Å². The van der Waals surface area contributed by atoms with Gasteiger partial charge in [0.2, 0.25) is 5.91 Å². The highest BCUT2D eigenvalue weighted by atomic mass is 16.6. The largest absolute Gasteiger partial charge is 0.504 e. The molecule has 2 N–H and O–H groups in total. The van der Waals surface area contributed by atoms with Crippen molar-refractivity contribution in [3.05, 3.63) is 63.2 Å². The van der Waals surface area contributed by atoms with Crippen molar-refractivity contribution in [2.75, 3.05) is 20.1 Å². The fourth-order valence-corrected chi connectivity index (χ4v) is 8.07. The Kier molecular flexibility index (Phi) is 5.14. The molecule has 7 rings (SSSR count). The molecule has 2 bridgehead atoms. The quantitative estimate of drug-likeness (QED) is 0.445. The first-order valence-corrected chi connectivity index (χ1v) is 13.7. The van der Waals surface area contributed by atoms with Crippen LogP contribution in [0.25, 0.3) is 0 Å². The van der Waals surface area contributed by atoms with Crippen LogP contribution in [0.1, 0.15) is 48.8 Å². The van der Waals surface area contributed by atoms with Gasteiger partial charge in [-0.3, -0.25) is 19.8 Å². The second-order valence-corrected chi connectivity index (χ2v) is 12.0. The summed E-state index contributed by atoms with van der Waals surface area (Å²) in [6, 6.07) is 9.49. The molecule has 1 amide bonds. The molecule has 2 aromatic rings. The van der Waals surface area contributed by atoms with Crippen LogP contribution in [0.2, 0.25) is 0 Å². The number of rotatable bonds is 6. The van der Waals surface area contributed by atoms with E-state index < -0.39 is 22.0 Å². The fourth-order valence-electron chi connectivity index (χ4n) is 8.07. The van der Waals surface area contributed by atoms with E-state index in [0.717, 1.165) is 43.0 Å². The van der Waals surface area contributed by atoms with E-state index in [0.29, 0.717) is 24.2 Å². The van der Waals surface area contributed by atoms with Gasteiger partial charge in [0.25, 0.3) is 5.69 Å². The SMILES string of the molecule is CN(C(=O)Cc1ccc([N+](=O)[O-])cc1)[C@H]1CCC2(O)[C@H]3Cc4ccc(O)c5c4[C@@]2(CCN3CC2CC2)[C@H]1O5. The summed E-state index contributed by atoms with van der Waals surface area (Å²) in [4.78, 5) is 28.2. The predicted molar refractivity (Wildman–Crippen MR) is 138 cm³/mol. The second kappa shape index (κ2) is 8.16. The van der Waals surface area contributed by atoms with E-state index in [9.17, 15) is 25.1 Å². The number of non-ortho nitro benzene ring substituents is 1. The zero-order chi connectivity index (χ0) is 26.4. The average molecular weight is 520 g/mol. The molecular weight excluding hydrogens is 486 g/mol. The molecule has 3 fully saturated rings. The number of nitro groups is 1. The number of phenolic OH excluding ortho intramolecular Hbond substituents is 1. The van der Waals surface area contributed by atoms with Gasteiger partial charge in [0.15, 0.2) is 11.5 Å². The van der Waals surface area contributed by atoms with Gasteiger partial charge >= 0.3 is 0 Å². The third-order valence-corrected chi connectivity index (χ3v) is 10.1. The van der Waals surface area contributed by atoms with Crippen molar-refractivity contribution in [3.63, 3.8) is 0 Å². The van der Waals surface area contributed by atoms with Crippen molar-refractivity contribution >= 4 is 11.6 Å². The van der Waals surface area contributed by atoms with Crippen LogP contribution in [0.5, 0.6) is 11.5 Å². The van der Waals surface area contributed by atoms with Gasteiger partial charge in [0.1, 0.15) is 6.10 Å². The van der Waals surface area contributed by atoms with Gasteiger partial charge in [-0.15, -0.1) is 0 Å². The molecule has 38 heavy (non-hydrogen) atoms. The summed E-state index contributed by atoms with van der Waals surface area (Å²) in [5.41, 5.74) is 1.12. The summed E-state index contributed by atoms with van der Waals surface area (Å²) in [6.07, 6.45) is 4.81. The first-order chi connectivity index (χ1) is 18.2. The lowest BCUT2D eigenvalue weighted by Crippen LogP contribution is -2.78. The summed E-state index contributed by atoms with van der Waals surface area (Å²) in [7, 11) is 1.79. The number of likely N-dealkylation sites (N-methyl/N-ethyl adjacent to an activating group) is 1. The van der Waals surface area contributed by atoms with Gasteiger partial charge < -0.3 is 19.8 Å². The van der Waals surface area contributed by atoms with Crippen LogP contribution >= 0.6 is 0 Å². The zero-order valence-electron chi connectivity index (χ0n) is 21.5. The summed E-state index contributed by atoms with van der Waals surface area (Å²) in [5.74, 6) is 1.18. The van der Waals surface area contributed by atoms with E-state index in [2.05, 4.69) is 4.90 Å². The van der Waals surface area contributed by atoms with Crippen LogP contribution in [-0.4, -0.2) is 74.8 Å². The number of hydrogen-bond acceptors (Lipinski definition) is 7. The maximum Gasteiger partial charge on any atom is 0.269 e. The number of piperidine rings is 1. The maximum atomic E-state index is 13.5. The van der Waals surface area contributed by atoms with Crippen LogP contribution in [0, 0.1) is 16.0 Å². The van der Waals surface area contributed by atoms with Gasteiger partial charge in [-0.2, -0.15) is 0 Å². The number of aliphatic hydroxyl groups is 1. The van der Waals surface area contributed by atoms with Crippen LogP contribution < -0.4 is 4.74 Å². The number of carbonyl (C=O) groups is 1. The minimum Gasteiger partial charge on any atom is -0.504 e. The number of likely N-dealkylation sites (tertiary alicyclic amines) is 1. The molecule has 1 saturated heterocycles. The first-order valence-electron chi connectivity index (χ1n) is 13.7. The van der Waals surface area contributed by atoms with E-state index in [1.807, 2.05) is 6.07 Å². The predicted octanol–water partition coefficient (Wildman–Crippen LogP) is 2.93. The molecule has 0 radical (unpaired) electrons. The average Bonchev–Trinajstić information content (AvgIpc) is 3.64. The van der Waals surface area contributed by atoms with Crippen molar-refractivity contribution in [1.29, 1.82) is 0 Å². The molecule has 2 aliphatic heterocycles. The highest BCUT2D eigenvalue weighted by molar-refractivity contribution is 5.79. The lowest BCUT2D eigenvalue weighted by molar-refractivity contribution is -0.384. The Labute approximate surface area is 221 Å². The standard InChI is InChI=1S/C29H33N3O6/c1-30(24(34)14-17-4-7-20(8-5-17)32(36)37)21-10-11-29(35)23-15-19-6-9-22(33)26-25(19)28(29,27(21)38-26)12-13-31(23)16-18-2-3-18/h4-9,18,21,23,27,33,35H,2-3,10-16H2,1H3/t21-,23+,27-,28-,29?/m0/s1. The summed E-state index contributed by atoms with van der Waals surface area (Å²) in [6.45, 7) is 1.89. The highest BCUT2D eigenvalue weighted by Crippen LogP contribution is 2.66. The lowest BCUT2D eigenvalue weighted by atomic mass is 9.48. The monoisotopic (exact) mass is 519 g/mol. The molecule has 3 aliphatic carbocycles. The van der Waals surface area contributed by atoms with Gasteiger partial charge in [-0.25, -0.2) is 0 Å². The molecule has 2 aromatic carbocycles. The molecule has 2 heterocycles. The minimum absolute atomic E-state index is 0.00647. The number of amides is 1. The number of phenols is 1. The van der Waals surface area contributed by atoms with Crippen molar-refractivity contribution in [1.82, 2.24) is 9.80 Å². The number of ether oxygens (including phenoxy) is 1. The Balaban J connectivity index is 1.22. The van der Waals surface area contributed by atoms with E-state index in [4.69, 9.17) is 4.74 Å². The maximum absolute atomic E-state index is 13.5. The van der Waals surface area contributed by atoms with Crippen LogP contribution in [0.15, 0.2) is 36.4 Å². The molecule has 9 nitrogen and oxygen atoms in total. The Morgan fingerprint density at radius 3 is 2.66 bits per heavy atom.